The number of carbonyl (C=O) groups excluding carboxylic acids is 1. The molecule has 4 heterocycles. The third-order valence-electron chi connectivity index (χ3n) is 6.26. The molecule has 3 aromatic rings. The van der Waals surface area contributed by atoms with Crippen LogP contribution in [0.25, 0.3) is 6.08 Å². The van der Waals surface area contributed by atoms with Gasteiger partial charge in [0.2, 0.25) is 6.79 Å². The van der Waals surface area contributed by atoms with Gasteiger partial charge in [-0.15, -0.1) is 0 Å². The summed E-state index contributed by atoms with van der Waals surface area (Å²) in [5.41, 5.74) is 1.68. The van der Waals surface area contributed by atoms with Crippen molar-refractivity contribution in [2.45, 2.75) is 39.9 Å². The number of furan rings is 1. The maximum absolute atomic E-state index is 13.3. The van der Waals surface area contributed by atoms with Gasteiger partial charge >= 0.3 is 0 Å². The van der Waals surface area contributed by atoms with Gasteiger partial charge in [-0.3, -0.25) is 19.1 Å². The van der Waals surface area contributed by atoms with Gasteiger partial charge in [0.25, 0.3) is 11.5 Å². The Labute approximate surface area is 228 Å². The number of ether oxygens (including phenoxy) is 2. The summed E-state index contributed by atoms with van der Waals surface area (Å²) in [6, 6.07) is 11.2. The molecule has 1 N–H and O–H groups in total. The molecular formula is C27H24N4O5S2. The first-order chi connectivity index (χ1) is 18.4. The van der Waals surface area contributed by atoms with Crippen LogP contribution < -0.4 is 20.3 Å². The van der Waals surface area contributed by atoms with Crippen LogP contribution in [0.4, 0.5) is 5.82 Å². The molecular weight excluding hydrogens is 524 g/mol. The number of nitriles is 1. The molecule has 1 fully saturated rings. The first kappa shape index (κ1) is 25.6. The van der Waals surface area contributed by atoms with Gasteiger partial charge in [0.15, 0.2) is 11.5 Å². The number of aromatic nitrogens is 1. The van der Waals surface area contributed by atoms with Gasteiger partial charge in [-0.05, 0) is 54.8 Å². The zero-order valence-electron chi connectivity index (χ0n) is 20.8. The number of nitrogens with zero attached hydrogens (tertiary/aromatic N) is 3. The van der Waals surface area contributed by atoms with Crippen LogP contribution in [0.3, 0.4) is 0 Å². The second kappa shape index (κ2) is 10.8. The molecule has 5 rings (SSSR count). The van der Waals surface area contributed by atoms with Crippen molar-refractivity contribution in [3.05, 3.63) is 79.9 Å². The van der Waals surface area contributed by atoms with Crippen LogP contribution in [0.15, 0.2) is 50.7 Å². The van der Waals surface area contributed by atoms with Gasteiger partial charge in [-0.25, -0.2) is 0 Å². The molecule has 0 aliphatic carbocycles. The number of benzene rings is 1. The van der Waals surface area contributed by atoms with Gasteiger partial charge in [-0.1, -0.05) is 37.0 Å². The summed E-state index contributed by atoms with van der Waals surface area (Å²) < 4.78 is 18.2. The monoisotopic (exact) mass is 548 g/mol. The third-order valence-corrected chi connectivity index (χ3v) is 7.64. The smallest absolute Gasteiger partial charge is 0.270 e. The van der Waals surface area contributed by atoms with E-state index in [1.807, 2.05) is 25.1 Å². The molecule has 2 aliphatic rings. The van der Waals surface area contributed by atoms with Crippen molar-refractivity contribution in [1.82, 2.24) is 9.47 Å². The summed E-state index contributed by atoms with van der Waals surface area (Å²) >= 11 is 6.66. The van der Waals surface area contributed by atoms with Crippen molar-refractivity contribution in [3.63, 3.8) is 0 Å². The SMILES string of the molecule is CCCn1c(NCc2ccc3c(c2)OCO3)c(/C=C2/SC(=S)N(Cc3ccco3)C2=O)c(C)c(C#N)c1=O. The lowest BCUT2D eigenvalue weighted by Crippen LogP contribution is -2.28. The zero-order chi connectivity index (χ0) is 26.8. The molecule has 2 aromatic heterocycles. The number of hydrogen-bond acceptors (Lipinski definition) is 9. The normalized spacial score (nSPS) is 15.4. The molecule has 0 atom stereocenters. The Balaban J connectivity index is 1.55. The first-order valence-electron chi connectivity index (χ1n) is 12.0. The second-order valence-corrected chi connectivity index (χ2v) is 10.4. The predicted octanol–water partition coefficient (Wildman–Crippen LogP) is 4.77. The Kier molecular flexibility index (Phi) is 7.26. The van der Waals surface area contributed by atoms with Crippen molar-refractivity contribution in [2.75, 3.05) is 12.1 Å². The highest BCUT2D eigenvalue weighted by Crippen LogP contribution is 2.36. The van der Waals surface area contributed by atoms with Crippen LogP contribution in [-0.2, 0) is 24.4 Å². The van der Waals surface area contributed by atoms with Crippen LogP contribution in [0, 0.1) is 18.3 Å². The van der Waals surface area contributed by atoms with Crippen LogP contribution in [0.1, 0.15) is 41.4 Å². The quantitative estimate of drug-likeness (QED) is 0.314. The molecule has 2 aliphatic heterocycles. The standard InChI is InChI=1S/C27H24N4O5S2/c1-3-8-30-24(29-13-17-6-7-21-22(10-17)36-15-35-21)19(16(2)20(12-28)25(30)32)11-23-26(33)31(27(37)38-23)14-18-5-4-9-34-18/h4-7,9-11,29H,3,8,13-15H2,1-2H3/b23-11+. The van der Waals surface area contributed by atoms with Gasteiger partial charge < -0.3 is 19.2 Å². The zero-order valence-corrected chi connectivity index (χ0v) is 22.4. The van der Waals surface area contributed by atoms with E-state index in [1.165, 1.54) is 16.7 Å². The van der Waals surface area contributed by atoms with E-state index in [9.17, 15) is 14.9 Å². The van der Waals surface area contributed by atoms with E-state index in [0.29, 0.717) is 62.9 Å². The van der Waals surface area contributed by atoms with Gasteiger partial charge in [0.1, 0.15) is 27.5 Å². The summed E-state index contributed by atoms with van der Waals surface area (Å²) in [5.74, 6) is 2.23. The molecule has 0 unspecified atom stereocenters. The summed E-state index contributed by atoms with van der Waals surface area (Å²) in [5, 5.41) is 13.2. The van der Waals surface area contributed by atoms with E-state index in [1.54, 1.807) is 36.0 Å². The minimum atomic E-state index is -0.373. The highest BCUT2D eigenvalue weighted by molar-refractivity contribution is 8.26. The Morgan fingerprint density at radius 1 is 1.24 bits per heavy atom. The molecule has 0 spiro atoms. The minimum Gasteiger partial charge on any atom is -0.467 e. The van der Waals surface area contributed by atoms with Crippen LogP contribution in [0.5, 0.6) is 11.5 Å². The number of nitrogens with one attached hydrogen (secondary N) is 1. The topological polar surface area (TPSA) is 110 Å². The molecule has 0 saturated carbocycles. The number of pyridine rings is 1. The third kappa shape index (κ3) is 4.80. The molecule has 1 saturated heterocycles. The van der Waals surface area contributed by atoms with E-state index in [-0.39, 0.29) is 30.4 Å². The lowest BCUT2D eigenvalue weighted by Gasteiger charge is -2.20. The van der Waals surface area contributed by atoms with Crippen LogP contribution in [0.2, 0.25) is 0 Å². The predicted molar refractivity (Wildman–Crippen MR) is 148 cm³/mol. The summed E-state index contributed by atoms with van der Waals surface area (Å²) in [6.07, 6.45) is 3.94. The maximum atomic E-state index is 13.3. The summed E-state index contributed by atoms with van der Waals surface area (Å²) in [7, 11) is 0. The highest BCUT2D eigenvalue weighted by Gasteiger charge is 2.33. The fourth-order valence-corrected chi connectivity index (χ4v) is 5.59. The number of fused-ring (bicyclic) bond motifs is 1. The van der Waals surface area contributed by atoms with Crippen molar-refractivity contribution in [1.29, 1.82) is 5.26 Å². The average molecular weight is 549 g/mol. The van der Waals surface area contributed by atoms with E-state index in [2.05, 4.69) is 11.4 Å². The van der Waals surface area contributed by atoms with E-state index in [4.69, 9.17) is 26.1 Å². The van der Waals surface area contributed by atoms with Crippen molar-refractivity contribution < 1.29 is 18.7 Å². The van der Waals surface area contributed by atoms with Gasteiger partial charge in [-0.2, -0.15) is 5.26 Å². The molecule has 0 bridgehead atoms. The fraction of sp³-hybridized carbons (Fsp3) is 0.259. The number of thioether (sulfide) groups is 1. The molecule has 194 valence electrons. The average Bonchev–Trinajstić information content (AvgIpc) is 3.65. The van der Waals surface area contributed by atoms with Crippen molar-refractivity contribution in [2.24, 2.45) is 0 Å². The molecule has 9 nitrogen and oxygen atoms in total. The minimum absolute atomic E-state index is 0.0457. The van der Waals surface area contributed by atoms with Crippen molar-refractivity contribution >= 4 is 46.1 Å². The first-order valence-corrected chi connectivity index (χ1v) is 13.2. The Morgan fingerprint density at radius 2 is 2.05 bits per heavy atom. The number of amides is 1. The number of hydrogen-bond donors (Lipinski definition) is 1. The lowest BCUT2D eigenvalue weighted by molar-refractivity contribution is -0.122. The number of thiocarbonyl (C=S) groups is 1. The van der Waals surface area contributed by atoms with Gasteiger partial charge in [0.05, 0.1) is 17.7 Å². The molecule has 1 aromatic carbocycles. The Bertz CT molecular complexity index is 1550. The number of carbonyl (C=O) groups is 1. The molecule has 0 radical (unpaired) electrons. The molecule has 1 amide bonds. The van der Waals surface area contributed by atoms with E-state index >= 15 is 0 Å². The maximum Gasteiger partial charge on any atom is 0.270 e. The second-order valence-electron chi connectivity index (χ2n) is 8.72. The summed E-state index contributed by atoms with van der Waals surface area (Å²) in [6.45, 7) is 4.86. The highest BCUT2D eigenvalue weighted by atomic mass is 32.2. The lowest BCUT2D eigenvalue weighted by atomic mass is 10.0. The summed E-state index contributed by atoms with van der Waals surface area (Å²) in [4.78, 5) is 28.5. The van der Waals surface area contributed by atoms with E-state index in [0.717, 1.165) is 5.56 Å². The van der Waals surface area contributed by atoms with Gasteiger partial charge in [0, 0.05) is 18.7 Å². The Morgan fingerprint density at radius 3 is 2.79 bits per heavy atom. The number of rotatable bonds is 8. The van der Waals surface area contributed by atoms with Crippen LogP contribution in [-0.4, -0.2) is 26.5 Å². The Hall–Kier alpha value is -4.01. The van der Waals surface area contributed by atoms with E-state index < -0.39 is 0 Å². The number of anilines is 1. The van der Waals surface area contributed by atoms with Crippen LogP contribution >= 0.6 is 24.0 Å². The molecule has 11 heteroatoms. The fourth-order valence-electron chi connectivity index (χ4n) is 4.35. The molecule has 38 heavy (non-hydrogen) atoms. The van der Waals surface area contributed by atoms with Crippen molar-refractivity contribution in [3.8, 4) is 17.6 Å². The largest absolute Gasteiger partial charge is 0.467 e.